The molecule has 0 aromatic heterocycles. The van der Waals surface area contributed by atoms with Crippen molar-refractivity contribution in [2.24, 2.45) is 0 Å². The van der Waals surface area contributed by atoms with Gasteiger partial charge in [0.1, 0.15) is 0 Å². The number of carboxylic acids is 1. The van der Waals surface area contributed by atoms with Crippen molar-refractivity contribution in [1.82, 2.24) is 0 Å². The molecule has 0 aliphatic carbocycles. The SMILES string of the molecule is Cc1ccccc1NC(=O)c1cc([N+](=O)[O-])ccc1C(=O)O. The van der Waals surface area contributed by atoms with Crippen LogP contribution in [0.1, 0.15) is 26.3 Å². The number of anilines is 1. The summed E-state index contributed by atoms with van der Waals surface area (Å²) < 4.78 is 0. The average molecular weight is 300 g/mol. The van der Waals surface area contributed by atoms with Gasteiger partial charge in [0.2, 0.25) is 0 Å². The first kappa shape index (κ1) is 15.2. The van der Waals surface area contributed by atoms with E-state index in [0.717, 1.165) is 23.8 Å². The average Bonchev–Trinajstić information content (AvgIpc) is 2.48. The highest BCUT2D eigenvalue weighted by molar-refractivity contribution is 6.11. The van der Waals surface area contributed by atoms with E-state index in [-0.39, 0.29) is 16.8 Å². The van der Waals surface area contributed by atoms with Crippen LogP contribution >= 0.6 is 0 Å². The van der Waals surface area contributed by atoms with Crippen LogP contribution in [0, 0.1) is 17.0 Å². The first-order valence-electron chi connectivity index (χ1n) is 6.29. The Morgan fingerprint density at radius 3 is 2.41 bits per heavy atom. The maximum Gasteiger partial charge on any atom is 0.336 e. The van der Waals surface area contributed by atoms with E-state index >= 15 is 0 Å². The minimum absolute atomic E-state index is 0.259. The van der Waals surface area contributed by atoms with Crippen molar-refractivity contribution in [3.63, 3.8) is 0 Å². The third kappa shape index (κ3) is 3.09. The number of aromatic carboxylic acids is 1. The summed E-state index contributed by atoms with van der Waals surface area (Å²) in [7, 11) is 0. The fourth-order valence-electron chi connectivity index (χ4n) is 1.92. The second-order valence-corrected chi connectivity index (χ2v) is 4.56. The zero-order valence-electron chi connectivity index (χ0n) is 11.6. The summed E-state index contributed by atoms with van der Waals surface area (Å²) in [6, 6.07) is 10.00. The predicted molar refractivity (Wildman–Crippen MR) is 79.2 cm³/mol. The number of non-ortho nitro benzene ring substituents is 1. The minimum atomic E-state index is -1.33. The van der Waals surface area contributed by atoms with E-state index in [1.165, 1.54) is 0 Å². The number of para-hydroxylation sites is 1. The maximum atomic E-state index is 12.3. The van der Waals surface area contributed by atoms with Crippen LogP contribution in [0.3, 0.4) is 0 Å². The van der Waals surface area contributed by atoms with Crippen LogP contribution in [-0.2, 0) is 0 Å². The number of benzene rings is 2. The number of nitrogens with one attached hydrogen (secondary N) is 1. The molecule has 2 aromatic rings. The zero-order chi connectivity index (χ0) is 16.3. The molecular weight excluding hydrogens is 288 g/mol. The second kappa shape index (κ2) is 6.04. The van der Waals surface area contributed by atoms with Gasteiger partial charge in [-0.25, -0.2) is 4.79 Å². The number of carbonyl (C=O) groups excluding carboxylic acids is 1. The Morgan fingerprint density at radius 1 is 1.14 bits per heavy atom. The molecule has 0 aliphatic rings. The molecule has 22 heavy (non-hydrogen) atoms. The van der Waals surface area contributed by atoms with E-state index in [2.05, 4.69) is 5.32 Å². The van der Waals surface area contributed by atoms with E-state index in [1.54, 1.807) is 31.2 Å². The molecule has 0 radical (unpaired) electrons. The van der Waals surface area contributed by atoms with Crippen molar-refractivity contribution in [2.75, 3.05) is 5.32 Å². The highest BCUT2D eigenvalue weighted by atomic mass is 16.6. The smallest absolute Gasteiger partial charge is 0.336 e. The van der Waals surface area contributed by atoms with Gasteiger partial charge in [-0.2, -0.15) is 0 Å². The van der Waals surface area contributed by atoms with Crippen LogP contribution in [-0.4, -0.2) is 21.9 Å². The van der Waals surface area contributed by atoms with Crippen molar-refractivity contribution >= 4 is 23.3 Å². The molecule has 0 atom stereocenters. The number of carbonyl (C=O) groups is 2. The summed E-state index contributed by atoms with van der Waals surface area (Å²) in [6.07, 6.45) is 0. The third-order valence-electron chi connectivity index (χ3n) is 3.08. The fraction of sp³-hybridized carbons (Fsp3) is 0.0667. The third-order valence-corrected chi connectivity index (χ3v) is 3.08. The molecule has 0 bridgehead atoms. The maximum absolute atomic E-state index is 12.3. The van der Waals surface area contributed by atoms with Crippen LogP contribution in [0.25, 0.3) is 0 Å². The molecule has 0 spiro atoms. The number of aryl methyl sites for hydroxylation is 1. The summed E-state index contributed by atoms with van der Waals surface area (Å²) >= 11 is 0. The van der Waals surface area contributed by atoms with Crippen molar-refractivity contribution in [2.45, 2.75) is 6.92 Å². The van der Waals surface area contributed by atoms with Gasteiger partial charge in [0.25, 0.3) is 11.6 Å². The summed E-state index contributed by atoms with van der Waals surface area (Å²) in [5.74, 6) is -2.04. The Morgan fingerprint density at radius 2 is 1.82 bits per heavy atom. The highest BCUT2D eigenvalue weighted by Crippen LogP contribution is 2.21. The Hall–Kier alpha value is -3.22. The number of nitro benzene ring substituents is 1. The van der Waals surface area contributed by atoms with E-state index < -0.39 is 16.8 Å². The number of carboxylic acid groups (broad SMARTS) is 1. The second-order valence-electron chi connectivity index (χ2n) is 4.56. The van der Waals surface area contributed by atoms with Gasteiger partial charge in [-0.15, -0.1) is 0 Å². The first-order chi connectivity index (χ1) is 10.4. The molecule has 0 fully saturated rings. The van der Waals surface area contributed by atoms with Gasteiger partial charge in [0.15, 0.2) is 0 Å². The molecule has 112 valence electrons. The van der Waals surface area contributed by atoms with Crippen LogP contribution in [0.15, 0.2) is 42.5 Å². The number of hydrogen-bond acceptors (Lipinski definition) is 4. The zero-order valence-corrected chi connectivity index (χ0v) is 11.6. The van der Waals surface area contributed by atoms with Crippen LogP contribution in [0.2, 0.25) is 0 Å². The minimum Gasteiger partial charge on any atom is -0.478 e. The monoisotopic (exact) mass is 300 g/mol. The van der Waals surface area contributed by atoms with Crippen molar-refractivity contribution in [3.8, 4) is 0 Å². The van der Waals surface area contributed by atoms with Crippen LogP contribution < -0.4 is 5.32 Å². The molecule has 7 nitrogen and oxygen atoms in total. The fourth-order valence-corrected chi connectivity index (χ4v) is 1.92. The van der Waals surface area contributed by atoms with Gasteiger partial charge < -0.3 is 10.4 Å². The molecule has 1 amide bonds. The van der Waals surface area contributed by atoms with Crippen LogP contribution in [0.4, 0.5) is 11.4 Å². The Balaban J connectivity index is 2.43. The lowest BCUT2D eigenvalue weighted by molar-refractivity contribution is -0.384. The molecule has 2 rings (SSSR count). The Labute approximate surface area is 125 Å². The summed E-state index contributed by atoms with van der Waals surface area (Å²) in [4.78, 5) is 33.6. The standard InChI is InChI=1S/C15H12N2O5/c1-9-4-2-3-5-13(9)16-14(18)12-8-10(17(21)22)6-7-11(12)15(19)20/h2-8H,1H3,(H,16,18)(H,19,20). The summed E-state index contributed by atoms with van der Waals surface area (Å²) in [5, 5.41) is 22.5. The van der Waals surface area contributed by atoms with E-state index in [4.69, 9.17) is 5.11 Å². The molecule has 0 heterocycles. The molecule has 0 aliphatic heterocycles. The van der Waals surface area contributed by atoms with Crippen LogP contribution in [0.5, 0.6) is 0 Å². The summed E-state index contributed by atoms with van der Waals surface area (Å²) in [6.45, 7) is 1.78. The van der Waals surface area contributed by atoms with Gasteiger partial charge in [0.05, 0.1) is 16.1 Å². The molecular formula is C15H12N2O5. The number of nitro groups is 1. The normalized spacial score (nSPS) is 10.0. The molecule has 7 heteroatoms. The van der Waals surface area contributed by atoms with Gasteiger partial charge >= 0.3 is 5.97 Å². The van der Waals surface area contributed by atoms with E-state index in [0.29, 0.717) is 5.69 Å². The van der Waals surface area contributed by atoms with Gasteiger partial charge in [-0.3, -0.25) is 14.9 Å². The number of amides is 1. The van der Waals surface area contributed by atoms with Gasteiger partial charge in [0, 0.05) is 17.8 Å². The predicted octanol–water partition coefficient (Wildman–Crippen LogP) is 2.85. The lowest BCUT2D eigenvalue weighted by Crippen LogP contribution is -2.17. The topological polar surface area (TPSA) is 110 Å². The quantitative estimate of drug-likeness (QED) is 0.666. The lowest BCUT2D eigenvalue weighted by atomic mass is 10.1. The van der Waals surface area contributed by atoms with E-state index in [9.17, 15) is 19.7 Å². The number of rotatable bonds is 4. The van der Waals surface area contributed by atoms with Gasteiger partial charge in [-0.05, 0) is 24.6 Å². The molecule has 0 unspecified atom stereocenters. The highest BCUT2D eigenvalue weighted by Gasteiger charge is 2.21. The summed E-state index contributed by atoms with van der Waals surface area (Å²) in [5.41, 5.74) is 0.398. The Bertz CT molecular complexity index is 770. The van der Waals surface area contributed by atoms with Crippen molar-refractivity contribution in [1.29, 1.82) is 0 Å². The molecule has 2 N–H and O–H groups in total. The lowest BCUT2D eigenvalue weighted by Gasteiger charge is -2.09. The van der Waals surface area contributed by atoms with Crippen molar-refractivity contribution in [3.05, 3.63) is 69.3 Å². The van der Waals surface area contributed by atoms with Gasteiger partial charge in [-0.1, -0.05) is 18.2 Å². The number of nitrogens with zero attached hydrogens (tertiary/aromatic N) is 1. The number of hydrogen-bond donors (Lipinski definition) is 2. The first-order valence-corrected chi connectivity index (χ1v) is 6.29. The molecule has 0 saturated heterocycles. The largest absolute Gasteiger partial charge is 0.478 e. The Kier molecular flexibility index (Phi) is 4.17. The van der Waals surface area contributed by atoms with Crippen molar-refractivity contribution < 1.29 is 19.6 Å². The molecule has 0 saturated carbocycles. The van der Waals surface area contributed by atoms with E-state index in [1.807, 2.05) is 0 Å². The molecule has 2 aromatic carbocycles.